The first-order valence-corrected chi connectivity index (χ1v) is 10.5. The van der Waals surface area contributed by atoms with Crippen LogP contribution in [-0.2, 0) is 0 Å². The van der Waals surface area contributed by atoms with Crippen LogP contribution in [0.15, 0.2) is 78.2 Å². The first-order valence-electron chi connectivity index (χ1n) is 9.50. The molecule has 0 fully saturated rings. The van der Waals surface area contributed by atoms with Crippen LogP contribution in [-0.4, -0.2) is 45.5 Å². The average molecular weight is 433 g/mol. The molecule has 4 rings (SSSR count). The Kier molecular flexibility index (Phi) is 6.28. The maximum absolute atomic E-state index is 13.0. The first kappa shape index (κ1) is 20.6. The van der Waals surface area contributed by atoms with Gasteiger partial charge in [-0.1, -0.05) is 30.0 Å². The van der Waals surface area contributed by atoms with Crippen LogP contribution in [0.4, 0.5) is 0 Å². The number of nitrogens with zero attached hydrogens (tertiary/aromatic N) is 4. The molecule has 2 aromatic carbocycles. The number of ketones is 1. The molecule has 156 valence electrons. The third kappa shape index (κ3) is 4.44. The number of hydrogen-bond acceptors (Lipinski definition) is 7. The van der Waals surface area contributed by atoms with Gasteiger partial charge in [-0.05, 0) is 42.5 Å². The standard InChI is InChI=1S/C23H20N4O3S/c1-29-18-10-11-21(30-2)19(13-18)20(28)15-31-23-26-25-22(16-7-6-12-24-14-16)27(23)17-8-4-3-5-9-17/h3-14H,15H2,1-2H3. The van der Waals surface area contributed by atoms with Crippen LogP contribution in [0, 0.1) is 0 Å². The van der Waals surface area contributed by atoms with Crippen molar-refractivity contribution in [2.45, 2.75) is 5.16 Å². The van der Waals surface area contributed by atoms with Gasteiger partial charge in [-0.25, -0.2) is 0 Å². The molecule has 8 heteroatoms. The molecule has 0 amide bonds. The van der Waals surface area contributed by atoms with Crippen molar-refractivity contribution < 1.29 is 14.3 Å². The van der Waals surface area contributed by atoms with Gasteiger partial charge in [0.2, 0.25) is 0 Å². The van der Waals surface area contributed by atoms with E-state index in [9.17, 15) is 4.79 Å². The fraction of sp³-hybridized carbons (Fsp3) is 0.130. The van der Waals surface area contributed by atoms with Gasteiger partial charge >= 0.3 is 0 Å². The highest BCUT2D eigenvalue weighted by atomic mass is 32.2. The van der Waals surface area contributed by atoms with E-state index >= 15 is 0 Å². The minimum atomic E-state index is -0.0914. The molecule has 0 saturated heterocycles. The zero-order chi connectivity index (χ0) is 21.6. The van der Waals surface area contributed by atoms with Crippen LogP contribution in [0.5, 0.6) is 11.5 Å². The van der Waals surface area contributed by atoms with E-state index in [2.05, 4.69) is 15.2 Å². The van der Waals surface area contributed by atoms with Crippen LogP contribution in [0.3, 0.4) is 0 Å². The summed E-state index contributed by atoms with van der Waals surface area (Å²) in [5.74, 6) is 1.84. The summed E-state index contributed by atoms with van der Waals surface area (Å²) >= 11 is 1.32. The number of hydrogen-bond donors (Lipinski definition) is 0. The second kappa shape index (κ2) is 9.44. The molecule has 4 aromatic rings. The predicted molar refractivity (Wildman–Crippen MR) is 119 cm³/mol. The fourth-order valence-corrected chi connectivity index (χ4v) is 3.93. The molecular weight excluding hydrogens is 412 g/mol. The van der Waals surface area contributed by atoms with E-state index in [0.717, 1.165) is 11.3 Å². The number of carbonyl (C=O) groups is 1. The Labute approximate surface area is 184 Å². The van der Waals surface area contributed by atoms with Crippen LogP contribution in [0.2, 0.25) is 0 Å². The molecule has 0 saturated carbocycles. The summed E-state index contributed by atoms with van der Waals surface area (Å²) in [7, 11) is 3.10. The third-order valence-corrected chi connectivity index (χ3v) is 5.54. The molecular formula is C23H20N4O3S. The van der Waals surface area contributed by atoms with Crippen molar-refractivity contribution in [1.29, 1.82) is 0 Å². The average Bonchev–Trinajstić information content (AvgIpc) is 3.27. The molecule has 0 radical (unpaired) electrons. The lowest BCUT2D eigenvalue weighted by Gasteiger charge is -2.11. The Morgan fingerprint density at radius 1 is 1.00 bits per heavy atom. The molecule has 0 bridgehead atoms. The Bertz CT molecular complexity index is 1180. The van der Waals surface area contributed by atoms with Gasteiger partial charge in [0.05, 0.1) is 25.5 Å². The molecule has 0 N–H and O–H groups in total. The van der Waals surface area contributed by atoms with Gasteiger partial charge < -0.3 is 9.47 Å². The van der Waals surface area contributed by atoms with Gasteiger partial charge in [0.15, 0.2) is 16.8 Å². The third-order valence-electron chi connectivity index (χ3n) is 4.61. The van der Waals surface area contributed by atoms with Gasteiger partial charge in [-0.15, -0.1) is 10.2 Å². The summed E-state index contributed by atoms with van der Waals surface area (Å²) in [5.41, 5.74) is 2.21. The number of ether oxygens (including phenoxy) is 2. The second-order valence-electron chi connectivity index (χ2n) is 6.50. The van der Waals surface area contributed by atoms with Gasteiger partial charge in [0, 0.05) is 23.6 Å². The molecule has 0 spiro atoms. The smallest absolute Gasteiger partial charge is 0.196 e. The highest BCUT2D eigenvalue weighted by Crippen LogP contribution is 2.30. The van der Waals surface area contributed by atoms with E-state index in [1.807, 2.05) is 47.0 Å². The monoisotopic (exact) mass is 432 g/mol. The topological polar surface area (TPSA) is 79.1 Å². The van der Waals surface area contributed by atoms with Crippen LogP contribution in [0.25, 0.3) is 17.1 Å². The quantitative estimate of drug-likeness (QED) is 0.303. The highest BCUT2D eigenvalue weighted by Gasteiger charge is 2.19. The number of aromatic nitrogens is 4. The molecule has 0 atom stereocenters. The normalized spacial score (nSPS) is 10.6. The number of carbonyl (C=O) groups excluding carboxylic acids is 1. The lowest BCUT2D eigenvalue weighted by Crippen LogP contribution is -2.07. The molecule has 0 aliphatic carbocycles. The number of Topliss-reactive ketones (excluding diaryl/α,β-unsaturated/α-hetero) is 1. The highest BCUT2D eigenvalue weighted by molar-refractivity contribution is 7.99. The molecule has 0 aliphatic rings. The molecule has 31 heavy (non-hydrogen) atoms. The second-order valence-corrected chi connectivity index (χ2v) is 7.44. The number of thioether (sulfide) groups is 1. The molecule has 2 heterocycles. The van der Waals surface area contributed by atoms with Gasteiger partial charge in [0.25, 0.3) is 0 Å². The Morgan fingerprint density at radius 3 is 2.55 bits per heavy atom. The largest absolute Gasteiger partial charge is 0.497 e. The van der Waals surface area contributed by atoms with E-state index in [1.165, 1.54) is 18.9 Å². The number of pyridine rings is 1. The SMILES string of the molecule is COc1ccc(OC)c(C(=O)CSc2nnc(-c3cccnc3)n2-c2ccccc2)c1. The Balaban J connectivity index is 1.65. The van der Waals surface area contributed by atoms with Gasteiger partial charge in [-0.3, -0.25) is 14.3 Å². The number of para-hydroxylation sites is 1. The van der Waals surface area contributed by atoms with E-state index < -0.39 is 0 Å². The summed E-state index contributed by atoms with van der Waals surface area (Å²) in [4.78, 5) is 17.2. The van der Waals surface area contributed by atoms with E-state index in [1.54, 1.807) is 37.7 Å². The van der Waals surface area contributed by atoms with Crippen molar-refractivity contribution in [2.75, 3.05) is 20.0 Å². The fourth-order valence-electron chi connectivity index (χ4n) is 3.10. The minimum Gasteiger partial charge on any atom is -0.497 e. The van der Waals surface area contributed by atoms with Crippen molar-refractivity contribution in [2.24, 2.45) is 0 Å². The molecule has 7 nitrogen and oxygen atoms in total. The van der Waals surface area contributed by atoms with E-state index in [-0.39, 0.29) is 11.5 Å². The van der Waals surface area contributed by atoms with Gasteiger partial charge in [-0.2, -0.15) is 0 Å². The summed E-state index contributed by atoms with van der Waals surface area (Å²) in [5, 5.41) is 9.33. The molecule has 2 aromatic heterocycles. The van der Waals surface area contributed by atoms with E-state index in [0.29, 0.717) is 28.0 Å². The summed E-state index contributed by atoms with van der Waals surface area (Å²) in [6.45, 7) is 0. The Hall–Kier alpha value is -3.65. The lowest BCUT2D eigenvalue weighted by atomic mass is 10.1. The van der Waals surface area contributed by atoms with Crippen LogP contribution in [0.1, 0.15) is 10.4 Å². The summed E-state index contributed by atoms with van der Waals surface area (Å²) in [6, 6.07) is 18.7. The maximum Gasteiger partial charge on any atom is 0.196 e. The predicted octanol–water partition coefficient (Wildman–Crippen LogP) is 4.32. The molecule has 0 unspecified atom stereocenters. The zero-order valence-electron chi connectivity index (χ0n) is 17.1. The first-order chi connectivity index (χ1) is 15.2. The van der Waals surface area contributed by atoms with Gasteiger partial charge in [0.1, 0.15) is 11.5 Å². The number of benzene rings is 2. The van der Waals surface area contributed by atoms with Crippen molar-refractivity contribution in [3.63, 3.8) is 0 Å². The zero-order valence-corrected chi connectivity index (χ0v) is 17.9. The van der Waals surface area contributed by atoms with Crippen molar-refractivity contribution in [3.8, 4) is 28.6 Å². The number of methoxy groups -OCH3 is 2. The summed E-state index contributed by atoms with van der Waals surface area (Å²) in [6.07, 6.45) is 3.45. The number of rotatable bonds is 8. The summed E-state index contributed by atoms with van der Waals surface area (Å²) < 4.78 is 12.5. The maximum atomic E-state index is 13.0. The van der Waals surface area contributed by atoms with Crippen LogP contribution >= 0.6 is 11.8 Å². The van der Waals surface area contributed by atoms with Crippen molar-refractivity contribution in [3.05, 3.63) is 78.6 Å². The van der Waals surface area contributed by atoms with Crippen molar-refractivity contribution >= 4 is 17.5 Å². The van der Waals surface area contributed by atoms with Crippen molar-refractivity contribution in [1.82, 2.24) is 19.7 Å². The lowest BCUT2D eigenvalue weighted by molar-refractivity contribution is 0.101. The molecule has 0 aliphatic heterocycles. The van der Waals surface area contributed by atoms with E-state index in [4.69, 9.17) is 9.47 Å². The minimum absolute atomic E-state index is 0.0914. The van der Waals surface area contributed by atoms with Crippen LogP contribution < -0.4 is 9.47 Å². The Morgan fingerprint density at radius 2 is 1.84 bits per heavy atom.